The molecule has 1 fully saturated rings. The highest BCUT2D eigenvalue weighted by Crippen LogP contribution is 2.09. The number of nitrogens with zero attached hydrogens (tertiary/aromatic N) is 1. The van der Waals surface area contributed by atoms with Crippen LogP contribution < -0.4 is 5.32 Å². The summed E-state index contributed by atoms with van der Waals surface area (Å²) in [7, 11) is 0. The molecular weight excluding hydrogens is 240 g/mol. The summed E-state index contributed by atoms with van der Waals surface area (Å²) in [6.45, 7) is 4.43. The number of carbonyl (C=O) groups excluding carboxylic acids is 2. The maximum absolute atomic E-state index is 12.1. The third-order valence-electron chi connectivity index (χ3n) is 3.48. The molecule has 1 unspecified atom stereocenters. The molecule has 0 aliphatic carbocycles. The lowest BCUT2D eigenvalue weighted by molar-refractivity contribution is -0.133. The van der Waals surface area contributed by atoms with E-state index in [1.807, 2.05) is 30.0 Å². The average Bonchev–Trinajstić information content (AvgIpc) is 2.46. The Hall–Kier alpha value is -1.68. The zero-order valence-electron chi connectivity index (χ0n) is 11.3. The molecular formula is C15H20N2O2. The fourth-order valence-electron chi connectivity index (χ4n) is 2.34. The number of piperazine rings is 1. The Morgan fingerprint density at radius 2 is 2.00 bits per heavy atom. The Balaban J connectivity index is 1.85. The Morgan fingerprint density at radius 3 is 2.68 bits per heavy atom. The largest absolute Gasteiger partial charge is 0.337 e. The van der Waals surface area contributed by atoms with Crippen LogP contribution in [0.5, 0.6) is 0 Å². The minimum absolute atomic E-state index is 0.0386. The molecule has 1 N–H and O–H groups in total. The minimum Gasteiger partial charge on any atom is -0.337 e. The second-order valence-corrected chi connectivity index (χ2v) is 4.93. The van der Waals surface area contributed by atoms with E-state index < -0.39 is 0 Å². The third kappa shape index (κ3) is 3.64. The molecule has 1 aliphatic rings. The number of Topliss-reactive ketones (excluding diaryl/α,β-unsaturated/α-hetero) is 1. The van der Waals surface area contributed by atoms with Gasteiger partial charge in [0, 0.05) is 44.1 Å². The summed E-state index contributed by atoms with van der Waals surface area (Å²) >= 11 is 0. The van der Waals surface area contributed by atoms with Crippen LogP contribution in [0.15, 0.2) is 30.3 Å². The highest BCUT2D eigenvalue weighted by atomic mass is 16.2. The van der Waals surface area contributed by atoms with Crippen LogP contribution in [0.3, 0.4) is 0 Å². The first kappa shape index (κ1) is 13.7. The van der Waals surface area contributed by atoms with Crippen LogP contribution >= 0.6 is 0 Å². The molecule has 1 amide bonds. The van der Waals surface area contributed by atoms with Crippen molar-refractivity contribution in [3.05, 3.63) is 35.9 Å². The Labute approximate surface area is 113 Å². The van der Waals surface area contributed by atoms with E-state index in [1.54, 1.807) is 12.1 Å². The van der Waals surface area contributed by atoms with Crippen LogP contribution in [0.2, 0.25) is 0 Å². The van der Waals surface area contributed by atoms with Crippen molar-refractivity contribution in [1.29, 1.82) is 0 Å². The van der Waals surface area contributed by atoms with E-state index in [4.69, 9.17) is 0 Å². The quantitative estimate of drug-likeness (QED) is 0.834. The molecule has 0 saturated carbocycles. The van der Waals surface area contributed by atoms with Crippen LogP contribution in [0.25, 0.3) is 0 Å². The van der Waals surface area contributed by atoms with Gasteiger partial charge in [-0.1, -0.05) is 30.3 Å². The van der Waals surface area contributed by atoms with Gasteiger partial charge in [0.2, 0.25) is 5.91 Å². The monoisotopic (exact) mass is 260 g/mol. The van der Waals surface area contributed by atoms with E-state index in [2.05, 4.69) is 5.32 Å². The Bertz CT molecular complexity index is 445. The lowest BCUT2D eigenvalue weighted by Crippen LogP contribution is -2.52. The van der Waals surface area contributed by atoms with Crippen molar-refractivity contribution in [3.63, 3.8) is 0 Å². The van der Waals surface area contributed by atoms with Crippen LogP contribution in [0.4, 0.5) is 0 Å². The van der Waals surface area contributed by atoms with Gasteiger partial charge in [0.25, 0.3) is 0 Å². The van der Waals surface area contributed by atoms with Gasteiger partial charge in [-0.2, -0.15) is 0 Å². The molecule has 1 heterocycles. The number of rotatable bonds is 4. The van der Waals surface area contributed by atoms with Crippen molar-refractivity contribution < 1.29 is 9.59 Å². The molecule has 4 nitrogen and oxygen atoms in total. The SMILES string of the molecule is CC1CNCCN1C(=O)CCC(=O)c1ccccc1. The first-order chi connectivity index (χ1) is 9.18. The fraction of sp³-hybridized carbons (Fsp3) is 0.467. The van der Waals surface area contributed by atoms with Crippen molar-refractivity contribution in [2.75, 3.05) is 19.6 Å². The number of carbonyl (C=O) groups is 2. The molecule has 1 aromatic rings. The lowest BCUT2D eigenvalue weighted by atomic mass is 10.1. The van der Waals surface area contributed by atoms with Crippen LogP contribution in [0.1, 0.15) is 30.1 Å². The smallest absolute Gasteiger partial charge is 0.223 e. The first-order valence-electron chi connectivity index (χ1n) is 6.77. The third-order valence-corrected chi connectivity index (χ3v) is 3.48. The highest BCUT2D eigenvalue weighted by Gasteiger charge is 2.23. The zero-order valence-corrected chi connectivity index (χ0v) is 11.3. The molecule has 1 aliphatic heterocycles. The van der Waals surface area contributed by atoms with Crippen LogP contribution in [0, 0.1) is 0 Å². The van der Waals surface area contributed by atoms with Crippen molar-refractivity contribution >= 4 is 11.7 Å². The van der Waals surface area contributed by atoms with E-state index in [1.165, 1.54) is 0 Å². The van der Waals surface area contributed by atoms with E-state index in [9.17, 15) is 9.59 Å². The van der Waals surface area contributed by atoms with Crippen molar-refractivity contribution in [2.45, 2.75) is 25.8 Å². The van der Waals surface area contributed by atoms with Gasteiger partial charge < -0.3 is 10.2 Å². The number of nitrogens with one attached hydrogen (secondary N) is 1. The standard InChI is InChI=1S/C15H20N2O2/c1-12-11-16-9-10-17(12)15(19)8-7-14(18)13-5-3-2-4-6-13/h2-6,12,16H,7-11H2,1H3. The molecule has 0 aromatic heterocycles. The summed E-state index contributed by atoms with van der Waals surface area (Å²) in [6, 6.07) is 9.36. The Morgan fingerprint density at radius 1 is 1.26 bits per heavy atom. The molecule has 4 heteroatoms. The van der Waals surface area contributed by atoms with Crippen molar-refractivity contribution in [2.24, 2.45) is 0 Å². The average molecular weight is 260 g/mol. The van der Waals surface area contributed by atoms with Gasteiger partial charge in [-0.05, 0) is 6.92 Å². The molecule has 2 rings (SSSR count). The topological polar surface area (TPSA) is 49.4 Å². The number of ketones is 1. The van der Waals surface area contributed by atoms with Gasteiger partial charge in [0.1, 0.15) is 0 Å². The molecule has 1 atom stereocenters. The number of hydrogen-bond acceptors (Lipinski definition) is 3. The van der Waals surface area contributed by atoms with Crippen molar-refractivity contribution in [3.8, 4) is 0 Å². The second-order valence-electron chi connectivity index (χ2n) is 4.93. The van der Waals surface area contributed by atoms with Crippen molar-refractivity contribution in [1.82, 2.24) is 10.2 Å². The van der Waals surface area contributed by atoms with E-state index in [0.717, 1.165) is 19.6 Å². The van der Waals surface area contributed by atoms with E-state index in [-0.39, 0.29) is 17.7 Å². The summed E-state index contributed by atoms with van der Waals surface area (Å²) < 4.78 is 0. The number of amides is 1. The molecule has 1 saturated heterocycles. The summed E-state index contributed by atoms with van der Waals surface area (Å²) in [5, 5.41) is 3.25. The molecule has 0 radical (unpaired) electrons. The predicted molar refractivity (Wildman–Crippen MR) is 74.1 cm³/mol. The molecule has 102 valence electrons. The molecule has 0 spiro atoms. The fourth-order valence-corrected chi connectivity index (χ4v) is 2.34. The Kier molecular flexibility index (Phi) is 4.68. The zero-order chi connectivity index (χ0) is 13.7. The lowest BCUT2D eigenvalue weighted by Gasteiger charge is -2.34. The normalized spacial score (nSPS) is 19.2. The highest BCUT2D eigenvalue weighted by molar-refractivity contribution is 5.97. The second kappa shape index (κ2) is 6.48. The van der Waals surface area contributed by atoms with Gasteiger partial charge in [-0.3, -0.25) is 9.59 Å². The van der Waals surface area contributed by atoms with Gasteiger partial charge in [-0.25, -0.2) is 0 Å². The summed E-state index contributed by atoms with van der Waals surface area (Å²) in [6.07, 6.45) is 0.595. The summed E-state index contributed by atoms with van der Waals surface area (Å²) in [4.78, 5) is 25.9. The maximum Gasteiger partial charge on any atom is 0.223 e. The van der Waals surface area contributed by atoms with Gasteiger partial charge >= 0.3 is 0 Å². The van der Waals surface area contributed by atoms with E-state index >= 15 is 0 Å². The number of benzene rings is 1. The summed E-state index contributed by atoms with van der Waals surface area (Å²) in [5.41, 5.74) is 0.684. The summed E-state index contributed by atoms with van der Waals surface area (Å²) in [5.74, 6) is 0.120. The molecule has 1 aromatic carbocycles. The van der Waals surface area contributed by atoms with Gasteiger partial charge in [0.05, 0.1) is 0 Å². The van der Waals surface area contributed by atoms with Crippen LogP contribution in [-0.2, 0) is 4.79 Å². The minimum atomic E-state index is 0.0386. The van der Waals surface area contributed by atoms with Gasteiger partial charge in [-0.15, -0.1) is 0 Å². The molecule has 19 heavy (non-hydrogen) atoms. The maximum atomic E-state index is 12.1. The number of hydrogen-bond donors (Lipinski definition) is 1. The van der Waals surface area contributed by atoms with Gasteiger partial charge in [0.15, 0.2) is 5.78 Å². The van der Waals surface area contributed by atoms with Crippen LogP contribution in [-0.4, -0.2) is 42.3 Å². The van der Waals surface area contributed by atoms with E-state index in [0.29, 0.717) is 18.4 Å². The molecule has 0 bridgehead atoms. The first-order valence-corrected chi connectivity index (χ1v) is 6.77. The predicted octanol–water partition coefficient (Wildman–Crippen LogP) is 1.47.